The van der Waals surface area contributed by atoms with E-state index in [1.54, 1.807) is 36.4 Å². The molecule has 3 heterocycles. The highest BCUT2D eigenvalue weighted by molar-refractivity contribution is 5.79. The van der Waals surface area contributed by atoms with Gasteiger partial charge in [-0.2, -0.15) is 0 Å². The van der Waals surface area contributed by atoms with E-state index < -0.39 is 72.5 Å². The van der Waals surface area contributed by atoms with E-state index in [0.717, 1.165) is 0 Å². The molecule has 0 bridgehead atoms. The van der Waals surface area contributed by atoms with Crippen molar-refractivity contribution in [3.8, 4) is 11.5 Å². The second kappa shape index (κ2) is 21.1. The van der Waals surface area contributed by atoms with Crippen LogP contribution in [0.15, 0.2) is 72.8 Å². The number of carbonyl (C=O) groups is 4. The van der Waals surface area contributed by atoms with Crippen LogP contribution in [0.5, 0.6) is 11.5 Å². The molecule has 6 N–H and O–H groups in total. The number of nitrogens with one attached hydrogen (secondary N) is 3. The molecule has 1 amide bonds. The average Bonchev–Trinajstić information content (AvgIpc) is 4.07. The van der Waals surface area contributed by atoms with Crippen molar-refractivity contribution < 1.29 is 52.2 Å². The van der Waals surface area contributed by atoms with Crippen molar-refractivity contribution >= 4 is 23.8 Å². The molecule has 3 fully saturated rings. The fraction of sp³-hybridized carbons (Fsp3) is 0.511. The molecular weight excluding hydrogens is 741 g/mol. The number of benzene rings is 3. The maximum atomic E-state index is 14.1. The Bertz CT molecular complexity index is 2020. The fourth-order valence-corrected chi connectivity index (χ4v) is 7.88. The van der Waals surface area contributed by atoms with Crippen LogP contribution in [0.1, 0.15) is 49.7 Å². The number of rotatable bonds is 22. The summed E-state index contributed by atoms with van der Waals surface area (Å²) in [5.74, 6) is -8.69. The number of hydrogen-bond donors (Lipinski definition) is 6. The third kappa shape index (κ3) is 12.3. The lowest BCUT2D eigenvalue weighted by Gasteiger charge is -2.24. The summed E-state index contributed by atoms with van der Waals surface area (Å²) in [4.78, 5) is 52.6. The molecule has 6 rings (SSSR count). The average molecular weight is 805 g/mol. The lowest BCUT2D eigenvalue weighted by atomic mass is 9.86. The van der Waals surface area contributed by atoms with Crippen LogP contribution in [0.25, 0.3) is 0 Å². The zero-order valence-electron chi connectivity index (χ0n) is 38.5. The van der Waals surface area contributed by atoms with Gasteiger partial charge < -0.3 is 45.6 Å². The first-order chi connectivity index (χ1) is 30.4. The van der Waals surface area contributed by atoms with Gasteiger partial charge in [-0.25, -0.2) is 0 Å². The molecule has 0 saturated carbocycles. The van der Waals surface area contributed by atoms with E-state index in [9.17, 15) is 34.5 Å². The molecule has 6 atom stereocenters. The number of hydrogen-bond acceptors (Lipinski definition) is 9. The molecule has 0 spiro atoms. The van der Waals surface area contributed by atoms with Crippen LogP contribution in [-0.2, 0) is 44.7 Å². The van der Waals surface area contributed by atoms with E-state index in [1.165, 1.54) is 41.3 Å². The predicted molar refractivity (Wildman–Crippen MR) is 218 cm³/mol. The molecule has 13 nitrogen and oxygen atoms in total. The highest BCUT2D eigenvalue weighted by Gasteiger charge is 2.33. The third-order valence-corrected chi connectivity index (χ3v) is 11.0. The minimum Gasteiger partial charge on any atom is -0.492 e. The first-order valence-corrected chi connectivity index (χ1v) is 20.1. The summed E-state index contributed by atoms with van der Waals surface area (Å²) in [6, 6.07) is 18.6. The second-order valence-corrected chi connectivity index (χ2v) is 15.1. The van der Waals surface area contributed by atoms with E-state index in [0.29, 0.717) is 64.1 Å². The standard InChI is InChI=1S/C45H58N4O9/c50-42(26-31-5-1-4-30(20-31)23-39(43(51)52)34-10-13-46-27-34)49(16-18-57-37-8-2-6-32(21-37)24-40(44(53)54)35-11-14-47-28-35)17-19-58-38-9-3-7-33(22-38)25-41(45(55)56)36-12-15-48-29-36/h1-9,20-22,34-36,39-41,46-48H,10-19,23-29H2,(H,51,52)(H,53,54)(H,55,56)/t34-,35-,36-,39-,40-,41-/m0/s1/i23D2,24D2,25D2. The lowest BCUT2D eigenvalue weighted by Crippen LogP contribution is -2.38. The second-order valence-electron chi connectivity index (χ2n) is 15.1. The van der Waals surface area contributed by atoms with Crippen LogP contribution in [-0.4, -0.2) is 110 Å². The molecule has 3 aliphatic rings. The first-order valence-electron chi connectivity index (χ1n) is 23.1. The SMILES string of the molecule is [2H]C([2H])(c1cccc(CC(=O)N(CCOc2cccc(C([2H])([2H])[C@H](C(=O)O)[C@H]3CCNC3)c2)CCOc2cccc(C([2H])([2H])[C@H](C(=O)O)[C@H]3CCNC3)c2)c1)[C@H](C(=O)O)[C@H]1CCNC1. The largest absolute Gasteiger partial charge is 0.492 e. The van der Waals surface area contributed by atoms with Gasteiger partial charge in [0.2, 0.25) is 5.91 Å². The van der Waals surface area contributed by atoms with Gasteiger partial charge in [0.25, 0.3) is 0 Å². The summed E-state index contributed by atoms with van der Waals surface area (Å²) in [7, 11) is 0. The van der Waals surface area contributed by atoms with Gasteiger partial charge in [-0.1, -0.05) is 48.5 Å². The quantitative estimate of drug-likeness (QED) is 0.0865. The molecule has 0 radical (unpaired) electrons. The summed E-state index contributed by atoms with van der Waals surface area (Å²) in [6.07, 6.45) is -5.28. The van der Waals surface area contributed by atoms with Gasteiger partial charge in [-0.05, 0) is 142 Å². The molecular formula is C45H58N4O9. The Morgan fingerprint density at radius 1 is 0.603 bits per heavy atom. The predicted octanol–water partition coefficient (Wildman–Crippen LogP) is 3.77. The van der Waals surface area contributed by atoms with Crippen LogP contribution >= 0.6 is 0 Å². The fourth-order valence-electron chi connectivity index (χ4n) is 7.88. The topological polar surface area (TPSA) is 187 Å². The van der Waals surface area contributed by atoms with Gasteiger partial charge in [0.15, 0.2) is 0 Å². The van der Waals surface area contributed by atoms with E-state index in [-0.39, 0.29) is 66.8 Å². The molecule has 0 unspecified atom stereocenters. The number of carboxylic acid groups (broad SMARTS) is 3. The number of nitrogens with zero attached hydrogens (tertiary/aromatic N) is 1. The molecule has 0 aliphatic carbocycles. The lowest BCUT2D eigenvalue weighted by molar-refractivity contribution is -0.144. The Balaban J connectivity index is 1.18. The first kappa shape index (κ1) is 35.0. The molecule has 312 valence electrons. The van der Waals surface area contributed by atoms with Crippen molar-refractivity contribution in [3.63, 3.8) is 0 Å². The third-order valence-electron chi connectivity index (χ3n) is 11.0. The Morgan fingerprint density at radius 2 is 0.983 bits per heavy atom. The van der Waals surface area contributed by atoms with Crippen LogP contribution in [0.4, 0.5) is 0 Å². The Hall–Kier alpha value is -4.98. The summed E-state index contributed by atoms with van der Waals surface area (Å²) < 4.78 is 65.4. The smallest absolute Gasteiger partial charge is 0.307 e. The van der Waals surface area contributed by atoms with E-state index in [2.05, 4.69) is 16.0 Å². The van der Waals surface area contributed by atoms with Crippen LogP contribution in [0.2, 0.25) is 0 Å². The van der Waals surface area contributed by atoms with Gasteiger partial charge in [-0.15, -0.1) is 0 Å². The molecule has 3 aromatic carbocycles. The molecule has 3 aliphatic heterocycles. The van der Waals surface area contributed by atoms with Crippen LogP contribution < -0.4 is 25.4 Å². The van der Waals surface area contributed by atoms with Crippen molar-refractivity contribution in [2.75, 3.05) is 65.6 Å². The number of carbonyl (C=O) groups excluding carboxylic acids is 1. The summed E-state index contributed by atoms with van der Waals surface area (Å²) in [5.41, 5.74) is 0.868. The molecule has 3 aromatic rings. The van der Waals surface area contributed by atoms with Crippen molar-refractivity contribution in [2.24, 2.45) is 35.5 Å². The highest BCUT2D eigenvalue weighted by Crippen LogP contribution is 2.28. The molecule has 58 heavy (non-hydrogen) atoms. The van der Waals surface area contributed by atoms with Crippen molar-refractivity contribution in [1.82, 2.24) is 20.9 Å². The van der Waals surface area contributed by atoms with Gasteiger partial charge in [0, 0.05) is 8.22 Å². The van der Waals surface area contributed by atoms with E-state index in [1.807, 2.05) is 0 Å². The normalized spacial score (nSPS) is 22.9. The van der Waals surface area contributed by atoms with Crippen molar-refractivity contribution in [2.45, 2.75) is 44.8 Å². The van der Waals surface area contributed by atoms with E-state index >= 15 is 0 Å². The molecule has 0 aromatic heterocycles. The van der Waals surface area contributed by atoms with Gasteiger partial charge in [0.05, 0.1) is 37.3 Å². The van der Waals surface area contributed by atoms with E-state index in [4.69, 9.17) is 17.7 Å². The van der Waals surface area contributed by atoms with Crippen LogP contribution in [0.3, 0.4) is 0 Å². The minimum atomic E-state index is -2.24. The summed E-state index contributed by atoms with van der Waals surface area (Å²) in [6.45, 7) is 2.87. The van der Waals surface area contributed by atoms with Crippen molar-refractivity contribution in [1.29, 1.82) is 0 Å². The summed E-state index contributed by atoms with van der Waals surface area (Å²) >= 11 is 0. The minimum absolute atomic E-state index is 0.0133. The summed E-state index contributed by atoms with van der Waals surface area (Å²) in [5, 5.41) is 39.5. The van der Waals surface area contributed by atoms with Crippen LogP contribution in [0, 0.1) is 35.5 Å². The maximum Gasteiger partial charge on any atom is 0.307 e. The Kier molecular flexibility index (Phi) is 12.8. The van der Waals surface area contributed by atoms with Gasteiger partial charge in [-0.3, -0.25) is 19.2 Å². The zero-order chi connectivity index (χ0) is 46.2. The van der Waals surface area contributed by atoms with Gasteiger partial charge in [0.1, 0.15) is 24.7 Å². The highest BCUT2D eigenvalue weighted by atomic mass is 16.5. The van der Waals surface area contributed by atoms with Crippen molar-refractivity contribution in [3.05, 3.63) is 95.1 Å². The monoisotopic (exact) mass is 804 g/mol. The zero-order valence-corrected chi connectivity index (χ0v) is 32.5. The Labute approximate surface area is 348 Å². The number of ether oxygens (including phenoxy) is 2. The Morgan fingerprint density at radius 3 is 1.36 bits per heavy atom. The number of carboxylic acids is 3. The molecule has 3 saturated heterocycles. The van der Waals surface area contributed by atoms with Gasteiger partial charge >= 0.3 is 17.9 Å². The maximum absolute atomic E-state index is 14.1. The molecule has 13 heteroatoms. The number of amides is 1. The number of aliphatic carboxylic acids is 3.